The van der Waals surface area contributed by atoms with Gasteiger partial charge in [0, 0.05) is 5.75 Å². The molecule has 2 amide bonds. The van der Waals surface area contributed by atoms with Crippen molar-refractivity contribution in [2.75, 3.05) is 17.6 Å². The van der Waals surface area contributed by atoms with E-state index < -0.39 is 5.91 Å². The first-order valence-electron chi connectivity index (χ1n) is 6.27. The number of carbonyl (C=O) groups excluding carboxylic acids is 2. The summed E-state index contributed by atoms with van der Waals surface area (Å²) >= 11 is 2.91. The van der Waals surface area contributed by atoms with E-state index in [1.54, 1.807) is 17.8 Å². The number of anilines is 1. The van der Waals surface area contributed by atoms with Gasteiger partial charge in [-0.3, -0.25) is 14.9 Å². The van der Waals surface area contributed by atoms with Crippen LogP contribution in [0.3, 0.4) is 0 Å². The summed E-state index contributed by atoms with van der Waals surface area (Å²) in [6.07, 6.45) is 2.44. The predicted molar refractivity (Wildman–Crippen MR) is 80.6 cm³/mol. The first kappa shape index (κ1) is 15.5. The van der Waals surface area contributed by atoms with E-state index in [0.717, 1.165) is 16.5 Å². The van der Waals surface area contributed by atoms with E-state index in [4.69, 9.17) is 4.42 Å². The average molecular weight is 326 g/mol. The van der Waals surface area contributed by atoms with Gasteiger partial charge in [-0.25, -0.2) is 0 Å². The molecule has 112 valence electrons. The van der Waals surface area contributed by atoms with Gasteiger partial charge in [-0.05, 0) is 18.6 Å². The van der Waals surface area contributed by atoms with Crippen LogP contribution < -0.4 is 10.6 Å². The van der Waals surface area contributed by atoms with Crippen LogP contribution in [0.1, 0.15) is 23.9 Å². The molecule has 0 unspecified atom stereocenters. The van der Waals surface area contributed by atoms with E-state index in [-0.39, 0.29) is 18.2 Å². The van der Waals surface area contributed by atoms with E-state index in [0.29, 0.717) is 5.13 Å². The lowest BCUT2D eigenvalue weighted by Crippen LogP contribution is -2.32. The Kier molecular flexibility index (Phi) is 5.76. The molecule has 0 aliphatic carbocycles. The largest absolute Gasteiger partial charge is 0.459 e. The summed E-state index contributed by atoms with van der Waals surface area (Å²) in [7, 11) is 0. The van der Waals surface area contributed by atoms with Crippen LogP contribution in [0.4, 0.5) is 5.13 Å². The van der Waals surface area contributed by atoms with Crippen molar-refractivity contribution in [3.05, 3.63) is 24.2 Å². The number of nitrogens with zero attached hydrogens (tertiary/aromatic N) is 2. The molecule has 21 heavy (non-hydrogen) atoms. The van der Waals surface area contributed by atoms with Crippen LogP contribution in [0.5, 0.6) is 0 Å². The minimum atomic E-state index is -0.438. The first-order valence-corrected chi connectivity index (χ1v) is 8.07. The Balaban J connectivity index is 1.76. The number of furan rings is 1. The lowest BCUT2D eigenvalue weighted by molar-refractivity contribution is -0.115. The molecule has 0 spiro atoms. The summed E-state index contributed by atoms with van der Waals surface area (Å²) < 4.78 is 5.73. The van der Waals surface area contributed by atoms with Gasteiger partial charge in [-0.2, -0.15) is 0 Å². The zero-order valence-corrected chi connectivity index (χ0v) is 12.9. The molecule has 0 saturated carbocycles. The fraction of sp³-hybridized carbons (Fsp3) is 0.333. The SMILES string of the molecule is CCCSc1nnc(NC(=O)CNC(=O)c2ccco2)s1. The molecule has 2 N–H and O–H groups in total. The predicted octanol–water partition coefficient (Wildman–Crippen LogP) is 2.00. The van der Waals surface area contributed by atoms with Gasteiger partial charge in [0.2, 0.25) is 11.0 Å². The van der Waals surface area contributed by atoms with E-state index >= 15 is 0 Å². The Hall–Kier alpha value is -1.87. The molecule has 0 saturated heterocycles. The van der Waals surface area contributed by atoms with E-state index in [1.165, 1.54) is 23.7 Å². The number of thioether (sulfide) groups is 1. The molecule has 2 aromatic rings. The number of rotatable bonds is 7. The number of nitrogens with one attached hydrogen (secondary N) is 2. The number of amides is 2. The average Bonchev–Trinajstić information content (AvgIpc) is 3.14. The lowest BCUT2D eigenvalue weighted by Gasteiger charge is -2.02. The molecule has 0 fully saturated rings. The second kappa shape index (κ2) is 7.79. The second-order valence-electron chi connectivity index (χ2n) is 3.93. The zero-order chi connectivity index (χ0) is 15.1. The molecule has 7 nitrogen and oxygen atoms in total. The maximum Gasteiger partial charge on any atom is 0.287 e. The highest BCUT2D eigenvalue weighted by molar-refractivity contribution is 8.01. The monoisotopic (exact) mass is 326 g/mol. The van der Waals surface area contributed by atoms with Crippen LogP contribution in [-0.4, -0.2) is 34.3 Å². The maximum absolute atomic E-state index is 11.7. The minimum absolute atomic E-state index is 0.156. The van der Waals surface area contributed by atoms with Gasteiger partial charge < -0.3 is 9.73 Å². The molecule has 2 aromatic heterocycles. The van der Waals surface area contributed by atoms with Crippen molar-refractivity contribution in [1.29, 1.82) is 0 Å². The summed E-state index contributed by atoms with van der Waals surface area (Å²) in [6.45, 7) is 1.93. The van der Waals surface area contributed by atoms with Gasteiger partial charge in [-0.15, -0.1) is 10.2 Å². The summed E-state index contributed by atoms with van der Waals surface area (Å²) in [5, 5.41) is 13.3. The Labute approximate surface area is 129 Å². The van der Waals surface area contributed by atoms with Crippen molar-refractivity contribution >= 4 is 40.0 Å². The Morgan fingerprint density at radius 1 is 1.43 bits per heavy atom. The highest BCUT2D eigenvalue weighted by atomic mass is 32.2. The molecule has 2 rings (SSSR count). The highest BCUT2D eigenvalue weighted by Crippen LogP contribution is 2.25. The molecule has 2 heterocycles. The number of hydrogen-bond acceptors (Lipinski definition) is 7. The summed E-state index contributed by atoms with van der Waals surface area (Å²) in [5.74, 6) is 0.323. The van der Waals surface area contributed by atoms with Crippen molar-refractivity contribution in [1.82, 2.24) is 15.5 Å². The smallest absolute Gasteiger partial charge is 0.287 e. The normalized spacial score (nSPS) is 10.3. The summed E-state index contributed by atoms with van der Waals surface area (Å²) in [5.41, 5.74) is 0. The van der Waals surface area contributed by atoms with Crippen LogP contribution >= 0.6 is 23.1 Å². The molecule has 0 aliphatic heterocycles. The van der Waals surface area contributed by atoms with E-state index in [1.807, 2.05) is 0 Å². The van der Waals surface area contributed by atoms with Gasteiger partial charge in [0.25, 0.3) is 5.91 Å². The molecule has 0 radical (unpaired) electrons. The van der Waals surface area contributed by atoms with Gasteiger partial charge in [0.1, 0.15) is 0 Å². The number of hydrogen-bond donors (Lipinski definition) is 2. The lowest BCUT2D eigenvalue weighted by atomic mass is 10.4. The van der Waals surface area contributed by atoms with Crippen LogP contribution in [0.2, 0.25) is 0 Å². The Morgan fingerprint density at radius 3 is 3.00 bits per heavy atom. The van der Waals surface area contributed by atoms with Crippen molar-refractivity contribution in [2.24, 2.45) is 0 Å². The fourth-order valence-electron chi connectivity index (χ4n) is 1.33. The van der Waals surface area contributed by atoms with Gasteiger partial charge in [0.15, 0.2) is 10.1 Å². The topological polar surface area (TPSA) is 97.1 Å². The van der Waals surface area contributed by atoms with Crippen molar-refractivity contribution in [2.45, 2.75) is 17.7 Å². The van der Waals surface area contributed by atoms with Gasteiger partial charge >= 0.3 is 0 Å². The number of carbonyl (C=O) groups is 2. The summed E-state index contributed by atoms with van der Waals surface area (Å²) in [6, 6.07) is 3.13. The quantitative estimate of drug-likeness (QED) is 0.596. The van der Waals surface area contributed by atoms with Crippen molar-refractivity contribution in [3.63, 3.8) is 0 Å². The highest BCUT2D eigenvalue weighted by Gasteiger charge is 2.12. The molecule has 9 heteroatoms. The zero-order valence-electron chi connectivity index (χ0n) is 11.3. The third-order valence-corrected chi connectivity index (χ3v) is 4.41. The van der Waals surface area contributed by atoms with Crippen LogP contribution in [0.25, 0.3) is 0 Å². The Bertz CT molecular complexity index is 597. The standard InChI is InChI=1S/C12H14N4O3S2/c1-2-6-20-12-16-15-11(21-12)14-9(17)7-13-10(18)8-4-3-5-19-8/h3-5H,2,6-7H2,1H3,(H,13,18)(H,14,15,17). The maximum atomic E-state index is 11.7. The molecule has 0 atom stereocenters. The van der Waals surface area contributed by atoms with Crippen molar-refractivity contribution in [3.8, 4) is 0 Å². The third kappa shape index (κ3) is 4.87. The minimum Gasteiger partial charge on any atom is -0.459 e. The molecule has 0 bridgehead atoms. The molecular formula is C12H14N4O3S2. The third-order valence-electron chi connectivity index (χ3n) is 2.24. The number of aromatic nitrogens is 2. The Morgan fingerprint density at radius 2 is 2.29 bits per heavy atom. The van der Waals surface area contributed by atoms with E-state index in [9.17, 15) is 9.59 Å². The molecule has 0 aromatic carbocycles. The van der Waals surface area contributed by atoms with Crippen LogP contribution in [-0.2, 0) is 4.79 Å². The fourth-order valence-corrected chi connectivity index (χ4v) is 3.02. The van der Waals surface area contributed by atoms with Crippen molar-refractivity contribution < 1.29 is 14.0 Å². The van der Waals surface area contributed by atoms with E-state index in [2.05, 4.69) is 27.8 Å². The molecule has 0 aliphatic rings. The van der Waals surface area contributed by atoms with Gasteiger partial charge in [0.05, 0.1) is 12.8 Å². The van der Waals surface area contributed by atoms with Crippen LogP contribution in [0.15, 0.2) is 27.2 Å². The molecular weight excluding hydrogens is 312 g/mol. The summed E-state index contributed by atoms with van der Waals surface area (Å²) in [4.78, 5) is 23.3. The van der Waals surface area contributed by atoms with Crippen LogP contribution in [0, 0.1) is 0 Å². The van der Waals surface area contributed by atoms with Gasteiger partial charge in [-0.1, -0.05) is 30.0 Å². The second-order valence-corrected chi connectivity index (χ2v) is 6.25. The first-order chi connectivity index (χ1) is 10.2.